The number of esters is 1. The molecule has 3 aromatic carbocycles. The minimum atomic E-state index is -1.01. The fourth-order valence-electron chi connectivity index (χ4n) is 4.58. The van der Waals surface area contributed by atoms with Gasteiger partial charge < -0.3 is 9.47 Å². The third kappa shape index (κ3) is 4.08. The van der Waals surface area contributed by atoms with Crippen LogP contribution in [0.15, 0.2) is 72.8 Å². The Morgan fingerprint density at radius 1 is 0.917 bits per heavy atom. The number of rotatable bonds is 6. The van der Waals surface area contributed by atoms with Gasteiger partial charge in [0.05, 0.1) is 36.7 Å². The fraction of sp³-hybridized carbons (Fsp3) is 0.222. The highest BCUT2D eigenvalue weighted by Gasteiger charge is 2.60. The van der Waals surface area contributed by atoms with Crippen LogP contribution in [0.2, 0.25) is 5.02 Å². The van der Waals surface area contributed by atoms with E-state index in [0.717, 1.165) is 10.5 Å². The quantitative estimate of drug-likeness (QED) is 0.357. The van der Waals surface area contributed by atoms with Crippen LogP contribution in [0, 0.1) is 5.92 Å². The Labute approximate surface area is 212 Å². The van der Waals surface area contributed by atoms with Crippen molar-refractivity contribution < 1.29 is 28.7 Å². The average Bonchev–Trinajstić information content (AvgIpc) is 3.40. The van der Waals surface area contributed by atoms with Crippen molar-refractivity contribution in [3.63, 3.8) is 0 Å². The molecule has 5 rings (SSSR count). The fourth-order valence-corrected chi connectivity index (χ4v) is 4.71. The van der Waals surface area contributed by atoms with E-state index in [-0.39, 0.29) is 12.5 Å². The molecule has 0 bridgehead atoms. The van der Waals surface area contributed by atoms with E-state index in [0.29, 0.717) is 27.7 Å². The number of hydrogen-bond donors (Lipinski definition) is 0. The Morgan fingerprint density at radius 3 is 2.17 bits per heavy atom. The van der Waals surface area contributed by atoms with Crippen LogP contribution in [-0.2, 0) is 19.2 Å². The number of imide groups is 1. The van der Waals surface area contributed by atoms with E-state index in [1.807, 2.05) is 12.1 Å². The lowest BCUT2D eigenvalue weighted by atomic mass is 9.90. The predicted octanol–water partition coefficient (Wildman–Crippen LogP) is 4.58. The molecule has 0 unspecified atom stereocenters. The van der Waals surface area contributed by atoms with Gasteiger partial charge in [0.15, 0.2) is 6.10 Å². The lowest BCUT2D eigenvalue weighted by Crippen LogP contribution is -2.37. The second-order valence-corrected chi connectivity index (χ2v) is 8.79. The summed E-state index contributed by atoms with van der Waals surface area (Å²) in [6.45, 7) is 1.97. The highest BCUT2D eigenvalue weighted by molar-refractivity contribution is 6.30. The minimum absolute atomic E-state index is 0.251. The van der Waals surface area contributed by atoms with Gasteiger partial charge in [0.1, 0.15) is 11.7 Å². The van der Waals surface area contributed by atoms with Crippen molar-refractivity contribution >= 4 is 40.8 Å². The molecular weight excluding hydrogens is 484 g/mol. The van der Waals surface area contributed by atoms with Crippen LogP contribution >= 0.6 is 11.6 Å². The molecule has 8 nitrogen and oxygen atoms in total. The molecule has 2 fully saturated rings. The molecule has 2 saturated heterocycles. The molecule has 9 heteroatoms. The number of methoxy groups -OCH3 is 1. The summed E-state index contributed by atoms with van der Waals surface area (Å²) in [4.78, 5) is 46.4. The van der Waals surface area contributed by atoms with Crippen molar-refractivity contribution in [1.82, 2.24) is 0 Å². The van der Waals surface area contributed by atoms with Gasteiger partial charge in [-0.15, -0.1) is 0 Å². The lowest BCUT2D eigenvalue weighted by molar-refractivity contribution is -0.126. The number of hydrogen-bond acceptors (Lipinski definition) is 7. The molecule has 2 heterocycles. The monoisotopic (exact) mass is 506 g/mol. The Kier molecular flexibility index (Phi) is 6.38. The summed E-state index contributed by atoms with van der Waals surface area (Å²) < 4.78 is 10.3. The summed E-state index contributed by atoms with van der Waals surface area (Å²) in [7, 11) is 1.58. The van der Waals surface area contributed by atoms with Crippen molar-refractivity contribution in [2.24, 2.45) is 5.92 Å². The highest BCUT2D eigenvalue weighted by Crippen LogP contribution is 2.47. The van der Waals surface area contributed by atoms with Gasteiger partial charge in [-0.3, -0.25) is 14.4 Å². The van der Waals surface area contributed by atoms with Crippen LogP contribution in [0.1, 0.15) is 28.9 Å². The van der Waals surface area contributed by atoms with Gasteiger partial charge in [0, 0.05) is 5.02 Å². The summed E-state index contributed by atoms with van der Waals surface area (Å²) in [6, 6.07) is 19.9. The second kappa shape index (κ2) is 9.64. The first kappa shape index (κ1) is 23.8. The van der Waals surface area contributed by atoms with Crippen molar-refractivity contribution in [3.05, 3.63) is 88.9 Å². The van der Waals surface area contributed by atoms with Crippen molar-refractivity contribution in [3.8, 4) is 5.75 Å². The van der Waals surface area contributed by atoms with Crippen molar-refractivity contribution in [2.75, 3.05) is 23.7 Å². The molecule has 36 heavy (non-hydrogen) atoms. The number of amides is 2. The maximum absolute atomic E-state index is 13.7. The first-order chi connectivity index (χ1) is 17.4. The zero-order valence-corrected chi connectivity index (χ0v) is 20.3. The van der Waals surface area contributed by atoms with Crippen molar-refractivity contribution in [2.45, 2.75) is 19.1 Å². The van der Waals surface area contributed by atoms with E-state index >= 15 is 0 Å². The van der Waals surface area contributed by atoms with Gasteiger partial charge in [-0.1, -0.05) is 23.7 Å². The summed E-state index contributed by atoms with van der Waals surface area (Å²) in [5, 5.41) is 2.16. The number of hydroxylamine groups is 1. The van der Waals surface area contributed by atoms with E-state index in [1.54, 1.807) is 67.6 Å². The van der Waals surface area contributed by atoms with Gasteiger partial charge in [-0.05, 0) is 73.2 Å². The molecular formula is C27H23ClN2O6. The van der Waals surface area contributed by atoms with Crippen molar-refractivity contribution in [1.29, 1.82) is 0 Å². The lowest BCUT2D eigenvalue weighted by Gasteiger charge is -2.29. The molecule has 0 spiro atoms. The van der Waals surface area contributed by atoms with E-state index in [1.165, 1.54) is 12.1 Å². The standard InChI is InChI=1S/C27H23ClN2O6/c1-3-35-27(33)17-4-10-19(11-5-17)29-25(31)22-23(16-6-14-21(34-2)15-7-16)30(36-24(22)26(29)32)20-12-8-18(28)9-13-20/h4-15,22-24H,3H2,1-2H3/t22-,23+,24+/m0/s1. The zero-order chi connectivity index (χ0) is 25.4. The normalized spacial score (nSPS) is 21.0. The molecule has 0 saturated carbocycles. The van der Waals surface area contributed by atoms with Gasteiger partial charge in [0.25, 0.3) is 5.91 Å². The molecule has 2 aliphatic heterocycles. The number of halogens is 1. The minimum Gasteiger partial charge on any atom is -0.497 e. The summed E-state index contributed by atoms with van der Waals surface area (Å²) >= 11 is 6.07. The Morgan fingerprint density at radius 2 is 1.56 bits per heavy atom. The van der Waals surface area contributed by atoms with Gasteiger partial charge >= 0.3 is 5.97 Å². The zero-order valence-electron chi connectivity index (χ0n) is 19.6. The number of anilines is 2. The number of carbonyl (C=O) groups is 3. The topological polar surface area (TPSA) is 85.4 Å². The average molecular weight is 507 g/mol. The van der Waals surface area contributed by atoms with Crippen LogP contribution in [0.5, 0.6) is 5.75 Å². The summed E-state index contributed by atoms with van der Waals surface area (Å²) in [5.74, 6) is -1.44. The highest BCUT2D eigenvalue weighted by atomic mass is 35.5. The molecule has 0 N–H and O–H groups in total. The molecule has 0 aromatic heterocycles. The third-order valence-electron chi connectivity index (χ3n) is 6.29. The predicted molar refractivity (Wildman–Crippen MR) is 133 cm³/mol. The molecule has 0 radical (unpaired) electrons. The second-order valence-electron chi connectivity index (χ2n) is 8.35. The summed E-state index contributed by atoms with van der Waals surface area (Å²) in [5.41, 5.74) is 2.16. The SMILES string of the molecule is CCOC(=O)c1ccc(N2C(=O)[C@H]3[C@@H](c4ccc(OC)cc4)N(c4ccc(Cl)cc4)O[C@H]3C2=O)cc1. The van der Waals surface area contributed by atoms with Crippen LogP contribution in [0.4, 0.5) is 11.4 Å². The molecule has 2 amide bonds. The maximum Gasteiger partial charge on any atom is 0.338 e. The van der Waals surface area contributed by atoms with Crippen LogP contribution < -0.4 is 14.7 Å². The van der Waals surface area contributed by atoms with Crippen LogP contribution in [0.25, 0.3) is 0 Å². The number of benzene rings is 3. The van der Waals surface area contributed by atoms with E-state index < -0.39 is 29.9 Å². The van der Waals surface area contributed by atoms with Crippen LogP contribution in [-0.4, -0.2) is 37.6 Å². The molecule has 2 aliphatic rings. The molecule has 3 atom stereocenters. The van der Waals surface area contributed by atoms with Gasteiger partial charge in [-0.2, -0.15) is 0 Å². The van der Waals surface area contributed by atoms with E-state index in [2.05, 4.69) is 0 Å². The third-order valence-corrected chi connectivity index (χ3v) is 6.54. The Hall–Kier alpha value is -3.88. The number of nitrogens with zero attached hydrogens (tertiary/aromatic N) is 2. The van der Waals surface area contributed by atoms with Gasteiger partial charge in [0.2, 0.25) is 5.91 Å². The smallest absolute Gasteiger partial charge is 0.338 e. The first-order valence-electron chi connectivity index (χ1n) is 11.4. The van der Waals surface area contributed by atoms with E-state index in [4.69, 9.17) is 25.9 Å². The van der Waals surface area contributed by atoms with Gasteiger partial charge in [-0.25, -0.2) is 14.8 Å². The number of carbonyl (C=O) groups excluding carboxylic acids is 3. The number of ether oxygens (including phenoxy) is 2. The Balaban J connectivity index is 1.50. The number of fused-ring (bicyclic) bond motifs is 1. The Bertz CT molecular complexity index is 1290. The maximum atomic E-state index is 13.7. The molecule has 184 valence electrons. The molecule has 0 aliphatic carbocycles. The largest absolute Gasteiger partial charge is 0.497 e. The molecule has 3 aromatic rings. The summed E-state index contributed by atoms with van der Waals surface area (Å²) in [6.07, 6.45) is -1.01. The van der Waals surface area contributed by atoms with Crippen LogP contribution in [0.3, 0.4) is 0 Å². The first-order valence-corrected chi connectivity index (χ1v) is 11.8. The van der Waals surface area contributed by atoms with E-state index in [9.17, 15) is 14.4 Å².